The molecule has 1 fully saturated rings. The van der Waals surface area contributed by atoms with E-state index in [1.54, 1.807) is 18.2 Å². The number of ether oxygens (including phenoxy) is 1. The topological polar surface area (TPSA) is 101 Å². The third kappa shape index (κ3) is 4.27. The number of anilines is 1. The van der Waals surface area contributed by atoms with E-state index < -0.39 is 0 Å². The van der Waals surface area contributed by atoms with Crippen LogP contribution in [0.4, 0.5) is 5.13 Å². The van der Waals surface area contributed by atoms with Gasteiger partial charge in [0.1, 0.15) is 19.6 Å². The standard InChI is InChI=1S/C23H23N5O3S/c1-2-14-3-6-17-19(11-14)32-23(25-17)27-21(29)15-4-5-16-18(12-15)24-20(26-22(16)30)13-28-7-9-31-10-8-28/h3-6,11-12H,2,7-10,13H2,1H3,(H,24,26,30)(H,25,27,29)/p+1. The van der Waals surface area contributed by atoms with Gasteiger partial charge in [0.05, 0.1) is 34.3 Å². The number of quaternary nitrogens is 1. The molecule has 2 aromatic carbocycles. The molecule has 3 heterocycles. The van der Waals surface area contributed by atoms with Gasteiger partial charge < -0.3 is 14.6 Å². The van der Waals surface area contributed by atoms with E-state index in [1.807, 2.05) is 6.07 Å². The number of nitrogens with one attached hydrogen (secondary N) is 3. The molecule has 5 rings (SSSR count). The molecule has 1 saturated heterocycles. The first-order valence-electron chi connectivity index (χ1n) is 10.7. The minimum Gasteiger partial charge on any atom is -0.370 e. The number of nitrogens with zero attached hydrogens (tertiary/aromatic N) is 2. The van der Waals surface area contributed by atoms with Crippen LogP contribution in [0, 0.1) is 0 Å². The molecule has 32 heavy (non-hydrogen) atoms. The number of H-pyrrole nitrogens is 1. The van der Waals surface area contributed by atoms with Gasteiger partial charge in [0.15, 0.2) is 11.0 Å². The molecular formula is C23H24N5O3S+. The molecule has 0 bridgehead atoms. The first kappa shape index (κ1) is 20.7. The number of hydrogen-bond acceptors (Lipinski definition) is 6. The SMILES string of the molecule is CCc1ccc2nc(NC(=O)c3ccc4c(=O)[nH]c(C[NH+]5CCOCC5)nc4c3)sc2c1. The number of morpholine rings is 1. The second-order valence-corrected chi connectivity index (χ2v) is 8.94. The Kier molecular flexibility index (Phi) is 5.69. The van der Waals surface area contributed by atoms with Gasteiger partial charge in [-0.3, -0.25) is 14.9 Å². The molecule has 0 radical (unpaired) electrons. The zero-order valence-corrected chi connectivity index (χ0v) is 18.6. The molecule has 4 aromatic rings. The number of aryl methyl sites for hydroxylation is 1. The van der Waals surface area contributed by atoms with Crippen molar-refractivity contribution >= 4 is 43.5 Å². The third-order valence-corrected chi connectivity index (χ3v) is 6.65. The van der Waals surface area contributed by atoms with E-state index in [1.165, 1.54) is 21.8 Å². The van der Waals surface area contributed by atoms with Crippen LogP contribution in [0.5, 0.6) is 0 Å². The number of hydrogen-bond donors (Lipinski definition) is 3. The fourth-order valence-electron chi connectivity index (χ4n) is 3.90. The summed E-state index contributed by atoms with van der Waals surface area (Å²) >= 11 is 1.45. The number of thiazole rings is 1. The molecule has 0 spiro atoms. The first-order valence-corrected chi connectivity index (χ1v) is 11.6. The van der Waals surface area contributed by atoms with E-state index in [9.17, 15) is 9.59 Å². The van der Waals surface area contributed by atoms with Crippen molar-refractivity contribution in [3.8, 4) is 0 Å². The van der Waals surface area contributed by atoms with Crippen molar-refractivity contribution in [1.82, 2.24) is 15.0 Å². The Hall–Kier alpha value is -3.14. The maximum absolute atomic E-state index is 12.9. The molecule has 8 nitrogen and oxygen atoms in total. The van der Waals surface area contributed by atoms with Gasteiger partial charge in [0, 0.05) is 5.56 Å². The van der Waals surface area contributed by atoms with Crippen molar-refractivity contribution in [1.29, 1.82) is 0 Å². The van der Waals surface area contributed by atoms with Crippen molar-refractivity contribution in [2.75, 3.05) is 31.6 Å². The molecule has 164 valence electrons. The van der Waals surface area contributed by atoms with Crippen molar-refractivity contribution in [3.05, 3.63) is 63.7 Å². The van der Waals surface area contributed by atoms with Crippen LogP contribution in [-0.4, -0.2) is 47.2 Å². The Labute approximate surface area is 188 Å². The average molecular weight is 451 g/mol. The van der Waals surface area contributed by atoms with Gasteiger partial charge >= 0.3 is 0 Å². The van der Waals surface area contributed by atoms with E-state index >= 15 is 0 Å². The highest BCUT2D eigenvalue weighted by Crippen LogP contribution is 2.27. The summed E-state index contributed by atoms with van der Waals surface area (Å²) in [4.78, 5) is 38.7. The van der Waals surface area contributed by atoms with Crippen molar-refractivity contribution in [2.45, 2.75) is 19.9 Å². The molecule has 9 heteroatoms. The summed E-state index contributed by atoms with van der Waals surface area (Å²) in [6.07, 6.45) is 0.952. The van der Waals surface area contributed by atoms with Crippen LogP contribution in [0.3, 0.4) is 0 Å². The number of carbonyl (C=O) groups excluding carboxylic acids is 1. The molecular weight excluding hydrogens is 426 g/mol. The van der Waals surface area contributed by atoms with Crippen LogP contribution in [0.2, 0.25) is 0 Å². The number of rotatable bonds is 5. The van der Waals surface area contributed by atoms with E-state index in [0.717, 1.165) is 29.7 Å². The van der Waals surface area contributed by atoms with E-state index in [0.29, 0.717) is 47.2 Å². The summed E-state index contributed by atoms with van der Waals surface area (Å²) in [6, 6.07) is 11.1. The Balaban J connectivity index is 1.39. The second kappa shape index (κ2) is 8.78. The maximum atomic E-state index is 12.9. The van der Waals surface area contributed by atoms with Gasteiger partial charge in [-0.05, 0) is 42.3 Å². The fraction of sp³-hybridized carbons (Fsp3) is 0.304. The third-order valence-electron chi connectivity index (χ3n) is 5.72. The van der Waals surface area contributed by atoms with Crippen LogP contribution in [0.15, 0.2) is 41.2 Å². The molecule has 1 aliphatic heterocycles. The number of carbonyl (C=O) groups is 1. The van der Waals surface area contributed by atoms with E-state index in [4.69, 9.17) is 4.74 Å². The summed E-state index contributed by atoms with van der Waals surface area (Å²) in [5, 5.41) is 3.90. The smallest absolute Gasteiger partial charge is 0.258 e. The number of benzene rings is 2. The minimum atomic E-state index is -0.274. The number of amides is 1. The summed E-state index contributed by atoms with van der Waals surface area (Å²) in [6.45, 7) is 5.91. The zero-order chi connectivity index (χ0) is 22.1. The molecule has 2 aromatic heterocycles. The van der Waals surface area contributed by atoms with Gasteiger partial charge in [-0.25, -0.2) is 9.97 Å². The Bertz CT molecular complexity index is 1360. The molecule has 1 aliphatic rings. The predicted molar refractivity (Wildman–Crippen MR) is 125 cm³/mol. The van der Waals surface area contributed by atoms with Crippen molar-refractivity contribution in [2.24, 2.45) is 0 Å². The molecule has 0 unspecified atom stereocenters. The molecule has 0 aliphatic carbocycles. The quantitative estimate of drug-likeness (QED) is 0.430. The lowest BCUT2D eigenvalue weighted by atomic mass is 10.1. The van der Waals surface area contributed by atoms with Crippen LogP contribution < -0.4 is 15.8 Å². The van der Waals surface area contributed by atoms with E-state index in [-0.39, 0.29) is 11.5 Å². The van der Waals surface area contributed by atoms with Crippen LogP contribution >= 0.6 is 11.3 Å². The lowest BCUT2D eigenvalue weighted by molar-refractivity contribution is -0.922. The highest BCUT2D eigenvalue weighted by molar-refractivity contribution is 7.22. The van der Waals surface area contributed by atoms with Crippen molar-refractivity contribution < 1.29 is 14.4 Å². The summed E-state index contributed by atoms with van der Waals surface area (Å²) in [5.74, 6) is 0.346. The first-order chi connectivity index (χ1) is 15.6. The monoisotopic (exact) mass is 450 g/mol. The highest BCUT2D eigenvalue weighted by atomic mass is 32.1. The number of fused-ring (bicyclic) bond motifs is 2. The Morgan fingerprint density at radius 2 is 2.00 bits per heavy atom. The number of aromatic amines is 1. The largest absolute Gasteiger partial charge is 0.370 e. The second-order valence-electron chi connectivity index (χ2n) is 7.91. The Morgan fingerprint density at radius 3 is 2.81 bits per heavy atom. The fourth-order valence-corrected chi connectivity index (χ4v) is 4.82. The van der Waals surface area contributed by atoms with E-state index in [2.05, 4.69) is 39.3 Å². The van der Waals surface area contributed by atoms with Gasteiger partial charge in [-0.1, -0.05) is 24.3 Å². The lowest BCUT2D eigenvalue weighted by Crippen LogP contribution is -3.12. The molecule has 0 saturated carbocycles. The van der Waals surface area contributed by atoms with Gasteiger partial charge in [0.25, 0.3) is 11.5 Å². The summed E-state index contributed by atoms with van der Waals surface area (Å²) in [5.41, 5.74) is 2.86. The zero-order valence-electron chi connectivity index (χ0n) is 17.7. The highest BCUT2D eigenvalue weighted by Gasteiger charge is 2.17. The van der Waals surface area contributed by atoms with Gasteiger partial charge in [-0.15, -0.1) is 0 Å². The van der Waals surface area contributed by atoms with Crippen LogP contribution in [-0.2, 0) is 17.7 Å². The average Bonchev–Trinajstić information content (AvgIpc) is 3.20. The van der Waals surface area contributed by atoms with Crippen LogP contribution in [0.1, 0.15) is 28.7 Å². The van der Waals surface area contributed by atoms with Gasteiger partial charge in [0.2, 0.25) is 0 Å². The Morgan fingerprint density at radius 1 is 1.16 bits per heavy atom. The maximum Gasteiger partial charge on any atom is 0.258 e. The van der Waals surface area contributed by atoms with Gasteiger partial charge in [-0.2, -0.15) is 0 Å². The number of aromatic nitrogens is 3. The van der Waals surface area contributed by atoms with Crippen molar-refractivity contribution in [3.63, 3.8) is 0 Å². The normalized spacial score (nSPS) is 14.8. The summed E-state index contributed by atoms with van der Waals surface area (Å²) < 4.78 is 6.43. The van der Waals surface area contributed by atoms with Crippen LogP contribution in [0.25, 0.3) is 21.1 Å². The summed E-state index contributed by atoms with van der Waals surface area (Å²) in [7, 11) is 0. The minimum absolute atomic E-state index is 0.192. The molecule has 3 N–H and O–H groups in total. The molecule has 0 atom stereocenters. The lowest BCUT2D eigenvalue weighted by Gasteiger charge is -2.23. The predicted octanol–water partition coefficient (Wildman–Crippen LogP) is 1.76. The molecule has 1 amide bonds.